The van der Waals surface area contributed by atoms with Crippen LogP contribution >= 0.6 is 0 Å². The van der Waals surface area contributed by atoms with Crippen molar-refractivity contribution in [3.05, 3.63) is 203 Å². The van der Waals surface area contributed by atoms with Gasteiger partial charge in [0.05, 0.1) is 44.4 Å². The Labute approximate surface area is 666 Å². The topological polar surface area (TPSA) is 290 Å². The number of hydrogen-bond donors (Lipinski definition) is 0. The summed E-state index contributed by atoms with van der Waals surface area (Å²) in [5, 5.41) is 4.90. The Bertz CT molecular complexity index is 5620. The summed E-state index contributed by atoms with van der Waals surface area (Å²) in [7, 11) is -10.9. The highest BCUT2D eigenvalue weighted by Gasteiger charge is 2.42. The van der Waals surface area contributed by atoms with Crippen molar-refractivity contribution in [2.45, 2.75) is 135 Å². The van der Waals surface area contributed by atoms with Gasteiger partial charge in [-0.15, -0.1) is 0 Å². The van der Waals surface area contributed by atoms with E-state index in [1.165, 1.54) is 37.6 Å². The van der Waals surface area contributed by atoms with Crippen LogP contribution in [0.3, 0.4) is 0 Å². The van der Waals surface area contributed by atoms with E-state index in [0.29, 0.717) is 120 Å². The smallest absolute Gasteiger partial charge is 0.276 e. The highest BCUT2D eigenvalue weighted by atomic mass is 32.2. The Kier molecular flexibility index (Phi) is 24.8. The van der Waals surface area contributed by atoms with Crippen molar-refractivity contribution >= 4 is 124 Å². The molecular formula is C87H96N6O17S4. The maximum atomic E-state index is 13.6. The number of sulfonamides is 3. The summed E-state index contributed by atoms with van der Waals surface area (Å²) >= 11 is 0. The molecule has 3 unspecified atom stereocenters. The number of ketones is 3. The molecule has 16 rings (SSSR count). The van der Waals surface area contributed by atoms with Gasteiger partial charge in [-0.25, -0.2) is 33.7 Å². The van der Waals surface area contributed by atoms with E-state index in [4.69, 9.17) is 13.9 Å². The van der Waals surface area contributed by atoms with E-state index < -0.39 is 51.9 Å². The van der Waals surface area contributed by atoms with Crippen LogP contribution in [0.1, 0.15) is 138 Å². The van der Waals surface area contributed by atoms with Crippen LogP contribution in [0.4, 0.5) is 17.1 Å². The molecule has 0 radical (unpaired) electrons. The lowest BCUT2D eigenvalue weighted by Gasteiger charge is -2.33. The molecule has 7 heterocycles. The van der Waals surface area contributed by atoms with Crippen molar-refractivity contribution in [1.29, 1.82) is 0 Å². The second-order valence-corrected chi connectivity index (χ2v) is 38.8. The van der Waals surface area contributed by atoms with E-state index in [2.05, 4.69) is 0 Å². The van der Waals surface area contributed by atoms with Crippen LogP contribution in [0.15, 0.2) is 189 Å². The van der Waals surface area contributed by atoms with Gasteiger partial charge in [0, 0.05) is 150 Å². The molecule has 3 amide bonds. The number of Topliss-reactive ketones (excluding diaryl/α,β-unsaturated/α-hetero) is 3. The lowest BCUT2D eigenvalue weighted by molar-refractivity contribution is -0.124. The number of piperidine rings is 3. The third-order valence-electron chi connectivity index (χ3n) is 23.7. The highest BCUT2D eigenvalue weighted by Crippen LogP contribution is 2.44. The van der Waals surface area contributed by atoms with Crippen LogP contribution < -0.4 is 14.7 Å². The number of furan rings is 1. The van der Waals surface area contributed by atoms with Gasteiger partial charge < -0.3 is 28.6 Å². The molecule has 0 N–H and O–H groups in total. The third-order valence-corrected chi connectivity index (χ3v) is 30.9. The Morgan fingerprint density at radius 2 is 0.868 bits per heavy atom. The number of carbonyl (C=O) groups excluding carboxylic acids is 6. The van der Waals surface area contributed by atoms with Gasteiger partial charge in [-0.05, 0) is 195 Å². The Hall–Kier alpha value is -9.16. The summed E-state index contributed by atoms with van der Waals surface area (Å²) in [6.45, 7) is 4.28. The third kappa shape index (κ3) is 16.7. The van der Waals surface area contributed by atoms with Gasteiger partial charge in [-0.3, -0.25) is 28.8 Å². The number of rotatable bonds is 27. The monoisotopic (exact) mass is 1620 g/mol. The van der Waals surface area contributed by atoms with Gasteiger partial charge in [0.1, 0.15) is 21.4 Å². The number of ether oxygens (including phenoxy) is 2. The molecule has 3 atom stereocenters. The second-order valence-electron chi connectivity index (χ2n) is 30.8. The second kappa shape index (κ2) is 34.7. The number of carbonyl (C=O) groups is 6. The van der Waals surface area contributed by atoms with Crippen LogP contribution in [0.5, 0.6) is 0 Å². The van der Waals surface area contributed by atoms with Gasteiger partial charge in [-0.2, -0.15) is 12.9 Å². The fourth-order valence-electron chi connectivity index (χ4n) is 17.7. The van der Waals surface area contributed by atoms with Crippen LogP contribution in [0.2, 0.25) is 0 Å². The molecule has 7 aliphatic rings. The van der Waals surface area contributed by atoms with E-state index in [1.54, 1.807) is 84.7 Å². The summed E-state index contributed by atoms with van der Waals surface area (Å²) < 4.78 is 122. The standard InChI is InChI=1S/C31H36N2O7S2.2C28H30N2O5S/c1-41(36,37)24-12-9-21(10-13-24)15-17-33-27-14-11-22(25-6-2-7-26(30(25)27)31(33)35)19-28(34)23-5-3-16-32(20-23)42(38,39)29-8-4-18-40-29;1-35-17-7-16-30-25-14-13-20(23-11-5-12-24(27(23)25)28(30)32)18-26(31)21-8-6-15-29(19-21)36(33,34)22-9-3-2-4-10-22;1-35-18-8-16-29-25-15-14-20(22-11-7-12-23(27(22)25)28(29)32)19-26(31)24-13-5-6-17-30(24)36(33,34)21-9-3-2-4-10-21/h2,4,6-8,11,14,18,21,23-24H,3,5,9-10,12-13,15-17,19-20H2,1H3;2-5,9-14,21H,6-8,15-19H2,1H3;2-4,7,9-12,14-15,24H,5-6,8,13,16-19H2,1H3. The first-order valence-electron chi connectivity index (χ1n) is 39.4. The Morgan fingerprint density at radius 3 is 1.31 bits per heavy atom. The predicted molar refractivity (Wildman–Crippen MR) is 437 cm³/mol. The number of nitrogens with zero attached hydrogens (tertiary/aromatic N) is 6. The number of hydrogen-bond acceptors (Lipinski definition) is 17. The summed E-state index contributed by atoms with van der Waals surface area (Å²) in [6, 6.07) is 47.4. The number of sulfone groups is 1. The van der Waals surface area contributed by atoms with Gasteiger partial charge >= 0.3 is 0 Å². The van der Waals surface area contributed by atoms with E-state index in [1.807, 2.05) is 95.9 Å². The van der Waals surface area contributed by atoms with Crippen LogP contribution in [0.25, 0.3) is 32.3 Å². The molecule has 1 aromatic heterocycles. The molecule has 6 aliphatic heterocycles. The first-order chi connectivity index (χ1) is 54.9. The van der Waals surface area contributed by atoms with Gasteiger partial charge in [0.2, 0.25) is 25.1 Å². The van der Waals surface area contributed by atoms with Crippen molar-refractivity contribution in [3.8, 4) is 0 Å². The largest absolute Gasteiger partial charge is 0.452 e. The molecular weight excluding hydrogens is 1530 g/mol. The van der Waals surface area contributed by atoms with Crippen molar-refractivity contribution in [2.75, 3.05) is 101 Å². The molecule has 27 heteroatoms. The fourth-order valence-corrected chi connectivity index (χ4v) is 23.5. The molecule has 9 aromatic rings. The molecule has 0 spiro atoms. The molecule has 1 aliphatic carbocycles. The summed E-state index contributed by atoms with van der Waals surface area (Å²) in [5.74, 6) is -0.586. The molecule has 8 aromatic carbocycles. The van der Waals surface area contributed by atoms with E-state index in [-0.39, 0.29) is 93.5 Å². The minimum Gasteiger partial charge on any atom is -0.452 e. The quantitative estimate of drug-likeness (QED) is 0.0432. The number of methoxy groups -OCH3 is 2. The maximum Gasteiger partial charge on any atom is 0.276 e. The van der Waals surface area contributed by atoms with Crippen molar-refractivity contribution in [2.24, 2.45) is 17.8 Å². The van der Waals surface area contributed by atoms with E-state index in [0.717, 1.165) is 111 Å². The van der Waals surface area contributed by atoms with Gasteiger partial charge in [0.25, 0.3) is 27.7 Å². The molecule has 3 saturated heterocycles. The van der Waals surface area contributed by atoms with Crippen molar-refractivity contribution in [3.63, 3.8) is 0 Å². The fraction of sp³-hybridized carbons (Fsp3) is 0.402. The summed E-state index contributed by atoms with van der Waals surface area (Å²) in [4.78, 5) is 85.9. The highest BCUT2D eigenvalue weighted by molar-refractivity contribution is 7.91. The molecule has 4 fully saturated rings. The zero-order valence-electron chi connectivity index (χ0n) is 64.4. The average Bonchev–Trinajstić information content (AvgIpc) is 1.59. The Balaban J connectivity index is 0.000000142. The lowest BCUT2D eigenvalue weighted by atomic mass is 9.86. The predicted octanol–water partition coefficient (Wildman–Crippen LogP) is 12.8. The average molecular weight is 1630 g/mol. The maximum absolute atomic E-state index is 13.6. The minimum atomic E-state index is -3.79. The molecule has 1 saturated carbocycles. The number of anilines is 3. The van der Waals surface area contributed by atoms with Crippen LogP contribution in [0, 0.1) is 17.8 Å². The van der Waals surface area contributed by atoms with E-state index >= 15 is 0 Å². The zero-order valence-corrected chi connectivity index (χ0v) is 67.7. The molecule has 600 valence electrons. The Morgan fingerprint density at radius 1 is 0.430 bits per heavy atom. The normalized spacial score (nSPS) is 20.1. The minimum absolute atomic E-state index is 0.0130. The first-order valence-corrected chi connectivity index (χ1v) is 45.7. The number of amides is 3. The zero-order chi connectivity index (χ0) is 80.2. The first kappa shape index (κ1) is 81.4. The summed E-state index contributed by atoms with van der Waals surface area (Å²) in [5.41, 5.74) is 7.02. The molecule has 114 heavy (non-hydrogen) atoms. The van der Waals surface area contributed by atoms with Crippen molar-refractivity contribution < 1.29 is 76.3 Å². The van der Waals surface area contributed by atoms with Crippen molar-refractivity contribution in [1.82, 2.24) is 12.9 Å². The van der Waals surface area contributed by atoms with Gasteiger partial charge in [-0.1, -0.05) is 97.4 Å². The number of benzene rings is 8. The molecule has 23 nitrogen and oxygen atoms in total. The van der Waals surface area contributed by atoms with Crippen LogP contribution in [-0.2, 0) is 83.0 Å². The van der Waals surface area contributed by atoms with E-state index in [9.17, 15) is 62.4 Å². The molecule has 0 bridgehead atoms. The SMILES string of the molecule is COCCCN1C(=O)c2cccc3c(CC(=O)C4CCCCN4S(=O)(=O)c4ccccc4)ccc1c23.COCCCN1C(=O)c2cccc3c(CC(=O)C4CCCN(S(=O)(=O)c5ccccc5)C4)ccc1c23.CS(=O)(=O)C1CCC(CCN2C(=O)c3cccc4c(CC(=O)C5CCCN(S(=O)(=O)c6ccco6)C5)ccc2c34)CC1. The summed E-state index contributed by atoms with van der Waals surface area (Å²) in [6.07, 6.45) is 13.1. The van der Waals surface area contributed by atoms with Gasteiger partial charge in [0.15, 0.2) is 5.78 Å². The lowest BCUT2D eigenvalue weighted by Crippen LogP contribution is -2.48. The van der Waals surface area contributed by atoms with Crippen LogP contribution in [-0.4, -0.2) is 179 Å².